The van der Waals surface area contributed by atoms with Gasteiger partial charge in [-0.25, -0.2) is 0 Å². The van der Waals surface area contributed by atoms with Gasteiger partial charge in [-0.15, -0.1) is 0 Å². The van der Waals surface area contributed by atoms with Crippen LogP contribution in [0.25, 0.3) is 0 Å². The van der Waals surface area contributed by atoms with E-state index in [1.165, 1.54) is 6.26 Å². The molecule has 160 valence electrons. The molecule has 1 aliphatic rings. The first-order valence-corrected chi connectivity index (χ1v) is 10.6. The average Bonchev–Trinajstić information content (AvgIpc) is 3.37. The van der Waals surface area contributed by atoms with Crippen LogP contribution in [0.3, 0.4) is 0 Å². The Kier molecular flexibility index (Phi) is 7.51. The zero-order valence-electron chi connectivity index (χ0n) is 16.7. The predicted octanol–water partition coefficient (Wildman–Crippen LogP) is 3.03. The van der Waals surface area contributed by atoms with E-state index >= 15 is 0 Å². The number of nitrogens with one attached hydrogen (secondary N) is 2. The van der Waals surface area contributed by atoms with Crippen molar-refractivity contribution in [3.05, 3.63) is 52.4 Å². The maximum atomic E-state index is 12.6. The molecule has 1 atom stereocenters. The van der Waals surface area contributed by atoms with E-state index in [1.807, 2.05) is 0 Å². The van der Waals surface area contributed by atoms with Gasteiger partial charge in [-0.2, -0.15) is 0 Å². The van der Waals surface area contributed by atoms with Crippen molar-refractivity contribution >= 4 is 33.7 Å². The normalized spacial score (nSPS) is 15.9. The molecule has 0 spiro atoms. The lowest BCUT2D eigenvalue weighted by molar-refractivity contribution is -0.129. The second kappa shape index (κ2) is 10.3. The molecule has 1 aromatic carbocycles. The molecule has 1 saturated heterocycles. The molecule has 8 nitrogen and oxygen atoms in total. The summed E-state index contributed by atoms with van der Waals surface area (Å²) in [6.45, 7) is 3.14. The lowest BCUT2D eigenvalue weighted by Crippen LogP contribution is -2.45. The Balaban J connectivity index is 1.55. The van der Waals surface area contributed by atoms with Crippen LogP contribution in [0.5, 0.6) is 5.75 Å². The largest absolute Gasteiger partial charge is 0.493 e. The number of ether oxygens (including phenoxy) is 1. The highest BCUT2D eigenvalue weighted by atomic mass is 79.9. The van der Waals surface area contributed by atoms with Gasteiger partial charge in [-0.3, -0.25) is 25.2 Å². The Morgan fingerprint density at radius 3 is 2.87 bits per heavy atom. The summed E-state index contributed by atoms with van der Waals surface area (Å²) >= 11 is 3.34. The Morgan fingerprint density at radius 1 is 1.30 bits per heavy atom. The molecular formula is C21H24BrN3O5. The number of rotatable bonds is 8. The van der Waals surface area contributed by atoms with Gasteiger partial charge in [0, 0.05) is 17.4 Å². The van der Waals surface area contributed by atoms with Crippen LogP contribution in [-0.2, 0) is 16.1 Å². The Labute approximate surface area is 183 Å². The summed E-state index contributed by atoms with van der Waals surface area (Å²) in [6.07, 6.45) is 3.48. The standard InChI is InChI=1S/C21H24BrN3O5/c1-2-3-8-30-18-7-6-15(22)11-17(18)21(28)24-23-20(27)14-10-19(26)25(12-14)13-16-5-4-9-29-16/h4-7,9,11,14H,2-3,8,10,12-13H2,1H3,(H,23,27)(H,24,28). The van der Waals surface area contributed by atoms with Gasteiger partial charge < -0.3 is 14.1 Å². The SMILES string of the molecule is CCCCOc1ccc(Br)cc1C(=O)NNC(=O)C1CC(=O)N(Cc2ccco2)C1. The number of likely N-dealkylation sites (tertiary alicyclic amines) is 1. The van der Waals surface area contributed by atoms with Gasteiger partial charge in [0.1, 0.15) is 11.5 Å². The maximum absolute atomic E-state index is 12.6. The average molecular weight is 478 g/mol. The molecule has 3 amide bonds. The maximum Gasteiger partial charge on any atom is 0.273 e. The second-order valence-corrected chi connectivity index (χ2v) is 7.96. The van der Waals surface area contributed by atoms with Gasteiger partial charge in [0.2, 0.25) is 11.8 Å². The molecule has 0 saturated carbocycles. The van der Waals surface area contributed by atoms with Crippen LogP contribution in [-0.4, -0.2) is 35.8 Å². The molecule has 2 heterocycles. The van der Waals surface area contributed by atoms with Crippen molar-refractivity contribution in [1.29, 1.82) is 0 Å². The topological polar surface area (TPSA) is 101 Å². The fourth-order valence-corrected chi connectivity index (χ4v) is 3.47. The number of halogens is 1. The minimum Gasteiger partial charge on any atom is -0.493 e. The summed E-state index contributed by atoms with van der Waals surface area (Å²) in [5, 5.41) is 0. The fourth-order valence-electron chi connectivity index (χ4n) is 3.11. The summed E-state index contributed by atoms with van der Waals surface area (Å²) in [6, 6.07) is 8.65. The third kappa shape index (κ3) is 5.63. The van der Waals surface area contributed by atoms with E-state index < -0.39 is 17.7 Å². The first kappa shape index (κ1) is 21.9. The molecule has 2 N–H and O–H groups in total. The lowest BCUT2D eigenvalue weighted by Gasteiger charge is -2.16. The monoisotopic (exact) mass is 477 g/mol. The van der Waals surface area contributed by atoms with Crippen molar-refractivity contribution in [2.75, 3.05) is 13.2 Å². The molecule has 0 radical (unpaired) electrons. The van der Waals surface area contributed by atoms with Crippen molar-refractivity contribution in [3.8, 4) is 5.75 Å². The highest BCUT2D eigenvalue weighted by Crippen LogP contribution is 2.24. The van der Waals surface area contributed by atoms with E-state index in [9.17, 15) is 14.4 Å². The van der Waals surface area contributed by atoms with Crippen LogP contribution < -0.4 is 15.6 Å². The van der Waals surface area contributed by atoms with Gasteiger partial charge >= 0.3 is 0 Å². The quantitative estimate of drug-likeness (QED) is 0.449. The molecule has 1 unspecified atom stereocenters. The molecule has 3 rings (SSSR count). The molecule has 30 heavy (non-hydrogen) atoms. The van der Waals surface area contributed by atoms with Crippen LogP contribution in [0.15, 0.2) is 45.5 Å². The number of unbranched alkanes of at least 4 members (excludes halogenated alkanes) is 1. The Morgan fingerprint density at radius 2 is 2.13 bits per heavy atom. The van der Waals surface area contributed by atoms with Crippen molar-refractivity contribution in [2.24, 2.45) is 5.92 Å². The molecule has 9 heteroatoms. The van der Waals surface area contributed by atoms with E-state index in [-0.39, 0.29) is 18.9 Å². The third-order valence-electron chi connectivity index (χ3n) is 4.75. The summed E-state index contributed by atoms with van der Waals surface area (Å²) in [4.78, 5) is 38.8. The van der Waals surface area contributed by atoms with Gasteiger partial charge in [0.15, 0.2) is 0 Å². The van der Waals surface area contributed by atoms with Crippen LogP contribution in [0.4, 0.5) is 0 Å². The number of nitrogens with zero attached hydrogens (tertiary/aromatic N) is 1. The lowest BCUT2D eigenvalue weighted by atomic mass is 10.1. The van der Waals surface area contributed by atoms with E-state index in [4.69, 9.17) is 9.15 Å². The number of carbonyl (C=O) groups is 3. The molecule has 0 aliphatic carbocycles. The molecule has 2 aromatic rings. The van der Waals surface area contributed by atoms with Gasteiger partial charge in [0.05, 0.1) is 30.9 Å². The first-order valence-electron chi connectivity index (χ1n) is 9.80. The highest BCUT2D eigenvalue weighted by molar-refractivity contribution is 9.10. The second-order valence-electron chi connectivity index (χ2n) is 7.04. The van der Waals surface area contributed by atoms with Gasteiger partial charge in [0.25, 0.3) is 5.91 Å². The number of hydrazine groups is 1. The number of furan rings is 1. The van der Waals surface area contributed by atoms with E-state index in [0.717, 1.165) is 17.3 Å². The van der Waals surface area contributed by atoms with Crippen molar-refractivity contribution in [1.82, 2.24) is 15.8 Å². The molecular weight excluding hydrogens is 454 g/mol. The van der Waals surface area contributed by atoms with Gasteiger partial charge in [-0.05, 0) is 36.8 Å². The van der Waals surface area contributed by atoms with Crippen LogP contribution >= 0.6 is 15.9 Å². The predicted molar refractivity (Wildman–Crippen MR) is 112 cm³/mol. The molecule has 1 aliphatic heterocycles. The molecule has 0 bridgehead atoms. The van der Waals surface area contributed by atoms with Crippen LogP contribution in [0.2, 0.25) is 0 Å². The summed E-state index contributed by atoms with van der Waals surface area (Å²) in [5.74, 6) is -0.482. The highest BCUT2D eigenvalue weighted by Gasteiger charge is 2.34. The van der Waals surface area contributed by atoms with E-state index in [0.29, 0.717) is 30.2 Å². The molecule has 1 fully saturated rings. The number of amides is 3. The van der Waals surface area contributed by atoms with E-state index in [1.54, 1.807) is 35.2 Å². The summed E-state index contributed by atoms with van der Waals surface area (Å²) in [5.41, 5.74) is 5.15. The number of hydrogen-bond donors (Lipinski definition) is 2. The summed E-state index contributed by atoms with van der Waals surface area (Å²) in [7, 11) is 0. The Bertz CT molecular complexity index is 900. The van der Waals surface area contributed by atoms with Crippen molar-refractivity contribution in [2.45, 2.75) is 32.7 Å². The number of carbonyl (C=O) groups excluding carboxylic acids is 3. The van der Waals surface area contributed by atoms with Crippen LogP contribution in [0.1, 0.15) is 42.3 Å². The van der Waals surface area contributed by atoms with Crippen molar-refractivity contribution < 1.29 is 23.5 Å². The van der Waals surface area contributed by atoms with Crippen LogP contribution in [0, 0.1) is 5.92 Å². The zero-order valence-corrected chi connectivity index (χ0v) is 18.2. The molecule has 1 aromatic heterocycles. The summed E-state index contributed by atoms with van der Waals surface area (Å²) < 4.78 is 11.7. The van der Waals surface area contributed by atoms with Crippen molar-refractivity contribution in [3.63, 3.8) is 0 Å². The third-order valence-corrected chi connectivity index (χ3v) is 5.25. The minimum atomic E-state index is -0.546. The zero-order chi connectivity index (χ0) is 21.5. The Hall–Kier alpha value is -2.81. The first-order chi connectivity index (χ1) is 14.5. The number of hydrogen-bond acceptors (Lipinski definition) is 5. The fraction of sp³-hybridized carbons (Fsp3) is 0.381. The number of benzene rings is 1. The minimum absolute atomic E-state index is 0.0880. The van der Waals surface area contributed by atoms with E-state index in [2.05, 4.69) is 33.7 Å². The van der Waals surface area contributed by atoms with Gasteiger partial charge in [-0.1, -0.05) is 29.3 Å². The smallest absolute Gasteiger partial charge is 0.273 e.